The molecule has 7 heteroatoms. The van der Waals surface area contributed by atoms with E-state index in [0.717, 1.165) is 56.7 Å². The lowest BCUT2D eigenvalue weighted by molar-refractivity contribution is 0.179. The van der Waals surface area contributed by atoms with E-state index in [1.165, 1.54) is 45.2 Å². The molecule has 27 heavy (non-hydrogen) atoms. The van der Waals surface area contributed by atoms with Crippen molar-refractivity contribution < 1.29 is 4.74 Å². The van der Waals surface area contributed by atoms with Gasteiger partial charge in [0.25, 0.3) is 0 Å². The molecule has 0 amide bonds. The van der Waals surface area contributed by atoms with Crippen molar-refractivity contribution >= 4 is 0 Å². The monoisotopic (exact) mass is 376 g/mol. The van der Waals surface area contributed by atoms with E-state index in [1.807, 2.05) is 0 Å². The first-order chi connectivity index (χ1) is 13.2. The second-order valence-electron chi connectivity index (χ2n) is 8.65. The molecule has 0 bridgehead atoms. The van der Waals surface area contributed by atoms with E-state index in [9.17, 15) is 0 Å². The van der Waals surface area contributed by atoms with Gasteiger partial charge in [0.15, 0.2) is 0 Å². The second-order valence-corrected chi connectivity index (χ2v) is 8.65. The van der Waals surface area contributed by atoms with E-state index in [2.05, 4.69) is 24.6 Å². The molecule has 1 aromatic rings. The minimum atomic E-state index is 0.332. The summed E-state index contributed by atoms with van der Waals surface area (Å²) in [5.74, 6) is 2.68. The summed E-state index contributed by atoms with van der Waals surface area (Å²) in [6.07, 6.45) is 8.96. The summed E-state index contributed by atoms with van der Waals surface area (Å²) in [4.78, 5) is 5.31. The Balaban J connectivity index is 1.39. The summed E-state index contributed by atoms with van der Waals surface area (Å²) in [5.41, 5.74) is 6.00. The van der Waals surface area contributed by atoms with Gasteiger partial charge in [-0.25, -0.2) is 0 Å². The SMILES string of the molecule is COCCn1c(CN2CCCN(C3CCCC3)CC2)nnc1C1CC(N)C1. The summed E-state index contributed by atoms with van der Waals surface area (Å²) in [6.45, 7) is 7.17. The number of hydrogen-bond acceptors (Lipinski definition) is 6. The Kier molecular flexibility index (Phi) is 6.42. The van der Waals surface area contributed by atoms with Crippen LogP contribution in [-0.2, 0) is 17.8 Å². The average molecular weight is 377 g/mol. The molecule has 2 saturated carbocycles. The molecule has 1 aromatic heterocycles. The molecule has 1 aliphatic heterocycles. The molecule has 3 aliphatic rings. The quantitative estimate of drug-likeness (QED) is 0.779. The predicted octanol–water partition coefficient (Wildman–Crippen LogP) is 1.58. The van der Waals surface area contributed by atoms with Crippen LogP contribution in [0.5, 0.6) is 0 Å². The zero-order chi connectivity index (χ0) is 18.6. The molecular formula is C20H36N6O. The van der Waals surface area contributed by atoms with Crippen molar-refractivity contribution in [1.29, 1.82) is 0 Å². The first kappa shape index (κ1) is 19.3. The molecule has 0 unspecified atom stereocenters. The maximum atomic E-state index is 6.00. The van der Waals surface area contributed by atoms with Crippen LogP contribution in [0.1, 0.15) is 62.5 Å². The average Bonchev–Trinajstić information content (AvgIpc) is 3.24. The van der Waals surface area contributed by atoms with Gasteiger partial charge in [0.05, 0.1) is 13.2 Å². The van der Waals surface area contributed by atoms with Crippen LogP contribution >= 0.6 is 0 Å². The van der Waals surface area contributed by atoms with Crippen LogP contribution in [0.2, 0.25) is 0 Å². The zero-order valence-corrected chi connectivity index (χ0v) is 16.9. The number of hydrogen-bond donors (Lipinski definition) is 1. The Hall–Kier alpha value is -1.02. The molecule has 152 valence electrons. The van der Waals surface area contributed by atoms with E-state index < -0.39 is 0 Å². The zero-order valence-electron chi connectivity index (χ0n) is 16.9. The molecule has 4 rings (SSSR count). The minimum absolute atomic E-state index is 0.332. The maximum absolute atomic E-state index is 6.00. The topological polar surface area (TPSA) is 72.4 Å². The Labute approximate surface area is 163 Å². The van der Waals surface area contributed by atoms with Crippen LogP contribution in [0.25, 0.3) is 0 Å². The van der Waals surface area contributed by atoms with Gasteiger partial charge in [0.2, 0.25) is 0 Å². The molecule has 3 fully saturated rings. The summed E-state index contributed by atoms with van der Waals surface area (Å²) in [6, 6.07) is 1.17. The smallest absolute Gasteiger partial charge is 0.147 e. The molecule has 2 heterocycles. The fourth-order valence-corrected chi connectivity index (χ4v) is 5.05. The van der Waals surface area contributed by atoms with E-state index in [0.29, 0.717) is 18.6 Å². The van der Waals surface area contributed by atoms with E-state index >= 15 is 0 Å². The number of rotatable bonds is 7. The van der Waals surface area contributed by atoms with Crippen molar-refractivity contribution in [2.75, 3.05) is 39.9 Å². The van der Waals surface area contributed by atoms with Crippen LogP contribution in [-0.4, -0.2) is 76.5 Å². The summed E-state index contributed by atoms with van der Waals surface area (Å²) >= 11 is 0. The molecule has 0 atom stereocenters. The molecule has 0 aromatic carbocycles. The highest BCUT2D eigenvalue weighted by Crippen LogP contribution is 2.35. The Morgan fingerprint density at radius 1 is 1.04 bits per heavy atom. The van der Waals surface area contributed by atoms with Gasteiger partial charge >= 0.3 is 0 Å². The van der Waals surface area contributed by atoms with Crippen LogP contribution in [0.4, 0.5) is 0 Å². The summed E-state index contributed by atoms with van der Waals surface area (Å²) < 4.78 is 7.64. The Bertz CT molecular complexity index is 593. The highest BCUT2D eigenvalue weighted by atomic mass is 16.5. The van der Waals surface area contributed by atoms with Gasteiger partial charge in [-0.1, -0.05) is 12.8 Å². The normalized spacial score (nSPS) is 28.4. The van der Waals surface area contributed by atoms with Gasteiger partial charge in [0, 0.05) is 44.7 Å². The predicted molar refractivity (Wildman–Crippen MR) is 106 cm³/mol. The molecular weight excluding hydrogens is 340 g/mol. The van der Waals surface area contributed by atoms with Gasteiger partial charge in [-0.2, -0.15) is 0 Å². The standard InChI is InChI=1S/C20H36N6O/c1-27-12-11-26-19(22-23-20(26)16-13-17(21)14-16)15-24-7-4-8-25(10-9-24)18-5-2-3-6-18/h16-18H,2-15,21H2,1H3. The third-order valence-corrected chi connectivity index (χ3v) is 6.74. The van der Waals surface area contributed by atoms with Gasteiger partial charge in [-0.05, 0) is 45.2 Å². The van der Waals surface area contributed by atoms with Crippen LogP contribution in [0.3, 0.4) is 0 Å². The number of nitrogens with zero attached hydrogens (tertiary/aromatic N) is 5. The van der Waals surface area contributed by atoms with E-state index in [4.69, 9.17) is 10.5 Å². The van der Waals surface area contributed by atoms with Crippen LogP contribution in [0.15, 0.2) is 0 Å². The van der Waals surface area contributed by atoms with Crippen LogP contribution < -0.4 is 5.73 Å². The maximum Gasteiger partial charge on any atom is 0.147 e. The third-order valence-electron chi connectivity index (χ3n) is 6.74. The molecule has 2 N–H and O–H groups in total. The van der Waals surface area contributed by atoms with Gasteiger partial charge in [-0.15, -0.1) is 10.2 Å². The van der Waals surface area contributed by atoms with Crippen molar-refractivity contribution in [3.8, 4) is 0 Å². The van der Waals surface area contributed by atoms with Crippen molar-refractivity contribution in [2.45, 2.75) is 76.0 Å². The van der Waals surface area contributed by atoms with Crippen molar-refractivity contribution in [1.82, 2.24) is 24.6 Å². The van der Waals surface area contributed by atoms with Gasteiger partial charge in [-0.3, -0.25) is 9.80 Å². The Morgan fingerprint density at radius 2 is 1.85 bits per heavy atom. The lowest BCUT2D eigenvalue weighted by Gasteiger charge is -2.32. The number of nitrogens with two attached hydrogens (primary N) is 1. The van der Waals surface area contributed by atoms with Gasteiger partial charge in [0.1, 0.15) is 11.6 Å². The highest BCUT2D eigenvalue weighted by molar-refractivity contribution is 5.09. The molecule has 1 saturated heterocycles. The van der Waals surface area contributed by atoms with Gasteiger partial charge < -0.3 is 15.0 Å². The van der Waals surface area contributed by atoms with E-state index in [-0.39, 0.29) is 0 Å². The fraction of sp³-hybridized carbons (Fsp3) is 0.900. The minimum Gasteiger partial charge on any atom is -0.383 e. The highest BCUT2D eigenvalue weighted by Gasteiger charge is 2.32. The van der Waals surface area contributed by atoms with Crippen molar-refractivity contribution in [3.05, 3.63) is 11.6 Å². The molecule has 0 spiro atoms. The molecule has 0 radical (unpaired) electrons. The second kappa shape index (κ2) is 8.99. The first-order valence-electron chi connectivity index (χ1n) is 10.9. The number of aromatic nitrogens is 3. The fourth-order valence-electron chi connectivity index (χ4n) is 5.05. The Morgan fingerprint density at radius 3 is 2.59 bits per heavy atom. The lowest BCUT2D eigenvalue weighted by atomic mass is 9.80. The van der Waals surface area contributed by atoms with Crippen molar-refractivity contribution in [2.24, 2.45) is 5.73 Å². The lowest BCUT2D eigenvalue weighted by Crippen LogP contribution is -2.37. The van der Waals surface area contributed by atoms with E-state index in [1.54, 1.807) is 7.11 Å². The largest absolute Gasteiger partial charge is 0.383 e. The number of ether oxygens (including phenoxy) is 1. The van der Waals surface area contributed by atoms with Crippen molar-refractivity contribution in [3.63, 3.8) is 0 Å². The third kappa shape index (κ3) is 4.53. The van der Waals surface area contributed by atoms with Crippen LogP contribution in [0, 0.1) is 0 Å². The molecule has 2 aliphatic carbocycles. The molecule has 7 nitrogen and oxygen atoms in total. The first-order valence-corrected chi connectivity index (χ1v) is 10.9. The summed E-state index contributed by atoms with van der Waals surface area (Å²) in [5, 5.41) is 9.14. The summed E-state index contributed by atoms with van der Waals surface area (Å²) in [7, 11) is 1.76. The number of methoxy groups -OCH3 is 1.